The van der Waals surface area contributed by atoms with Crippen molar-refractivity contribution in [1.29, 1.82) is 0 Å². The van der Waals surface area contributed by atoms with Crippen LogP contribution in [0.25, 0.3) is 0 Å². The SMILES string of the molecule is COC(=O)[C@H]1CCC=C2CCCO[C@H]21.[C-]#[O+].[C-]#[O+].[Mo].c1cnn([B-](n2cccn2)n2cccn2)c1. The first-order valence-corrected chi connectivity index (χ1v) is 10.5. The molecule has 183 valence electrons. The van der Waals surface area contributed by atoms with Gasteiger partial charge in [-0.15, -0.1) is 0 Å². The first kappa shape index (κ1) is 30.1. The summed E-state index contributed by atoms with van der Waals surface area (Å²) in [7, 11) is 1.25. The van der Waals surface area contributed by atoms with Crippen LogP contribution in [0.4, 0.5) is 0 Å². The Bertz CT molecular complexity index is 950. The zero-order chi connectivity index (χ0) is 24.8. The largest absolute Gasteiger partial charge is 0.425 e. The maximum Gasteiger partial charge on any atom is 0.260 e. The van der Waals surface area contributed by atoms with Crippen molar-refractivity contribution in [3.8, 4) is 0 Å². The molecule has 3 aromatic rings. The van der Waals surface area contributed by atoms with Gasteiger partial charge in [0, 0.05) is 46.3 Å². The zero-order valence-electron chi connectivity index (χ0n) is 19.2. The molecule has 0 amide bonds. The number of aromatic nitrogens is 6. The fourth-order valence-corrected chi connectivity index (χ4v) is 3.94. The van der Waals surface area contributed by atoms with E-state index in [9.17, 15) is 4.79 Å². The quantitative estimate of drug-likeness (QED) is 0.157. The van der Waals surface area contributed by atoms with Gasteiger partial charge in [-0.1, -0.05) is 6.08 Å². The first-order chi connectivity index (χ1) is 16.8. The molecule has 0 unspecified atom stereocenters. The molecule has 0 saturated carbocycles. The third-order valence-electron chi connectivity index (χ3n) is 5.31. The smallest absolute Gasteiger partial charge is 0.260 e. The van der Waals surface area contributed by atoms with Crippen molar-refractivity contribution >= 4 is 13.1 Å². The molecule has 0 N–H and O–H groups in total. The van der Waals surface area contributed by atoms with Crippen molar-refractivity contribution in [2.75, 3.05) is 13.7 Å². The molecule has 1 radical (unpaired) electrons. The number of methoxy groups -OCH3 is 1. The standard InChI is InChI=1S/C11H16O3.C9H9BN6.2CO.Mo/c1-13-11(12)9-6-2-4-8-5-3-7-14-10(8)9;1-4-11-14(7-1)10(15-8-2-5-12-15)16-9-3-6-13-16;2*1-2;/h4,9-10H,2-3,5-7H2,1H3;1-9H;;;/q;-1;;;/t9-,10+;;;;/m0..../s1. The van der Waals surface area contributed by atoms with Crippen molar-refractivity contribution in [2.24, 2.45) is 5.92 Å². The summed E-state index contributed by atoms with van der Waals surface area (Å²) >= 11 is 0. The summed E-state index contributed by atoms with van der Waals surface area (Å²) in [6.45, 7) is 9.77. The van der Waals surface area contributed by atoms with E-state index in [1.807, 2.05) is 36.8 Å². The predicted octanol–water partition coefficient (Wildman–Crippen LogP) is 1.80. The summed E-state index contributed by atoms with van der Waals surface area (Å²) in [6, 6.07) is 5.62. The molecular weight excluding hydrogens is 535 g/mol. The van der Waals surface area contributed by atoms with Crippen molar-refractivity contribution in [3.63, 3.8) is 0 Å². The van der Waals surface area contributed by atoms with Gasteiger partial charge < -0.3 is 23.3 Å². The Labute approximate surface area is 218 Å². The maximum atomic E-state index is 11.5. The first-order valence-electron chi connectivity index (χ1n) is 10.5. The number of hydrogen-bond acceptors (Lipinski definition) is 6. The molecule has 1 fully saturated rings. The van der Waals surface area contributed by atoms with E-state index in [4.69, 9.17) is 18.8 Å². The number of hydrogen-bond donors (Lipinski definition) is 0. The summed E-state index contributed by atoms with van der Waals surface area (Å²) in [4.78, 5) is 11.5. The van der Waals surface area contributed by atoms with Crippen LogP contribution in [0.1, 0.15) is 25.7 Å². The molecular formula is C22H25BMoN6O5-. The topological polar surface area (TPSA) is 129 Å². The molecule has 1 aliphatic heterocycles. The third kappa shape index (κ3) is 8.04. The van der Waals surface area contributed by atoms with Crippen LogP contribution in [0.5, 0.6) is 0 Å². The summed E-state index contributed by atoms with van der Waals surface area (Å²) in [5, 5.41) is 12.7. The number of nitrogens with zero attached hydrogens (tertiary/aromatic N) is 6. The van der Waals surface area contributed by atoms with Crippen molar-refractivity contribution in [3.05, 3.63) is 80.3 Å². The van der Waals surface area contributed by atoms with E-state index in [1.165, 1.54) is 12.7 Å². The Balaban J connectivity index is 0.000000301. The van der Waals surface area contributed by atoms with Crippen LogP contribution in [0, 0.1) is 19.2 Å². The van der Waals surface area contributed by atoms with E-state index in [0.29, 0.717) is 0 Å². The normalized spacial score (nSPS) is 17.8. The van der Waals surface area contributed by atoms with Crippen LogP contribution < -0.4 is 0 Å². The van der Waals surface area contributed by atoms with Crippen molar-refractivity contribution < 1.29 is 44.6 Å². The van der Waals surface area contributed by atoms with Gasteiger partial charge in [0.15, 0.2) is 0 Å². The average Bonchev–Trinajstić information content (AvgIpc) is 3.72. The van der Waals surface area contributed by atoms with E-state index in [-0.39, 0.29) is 46.2 Å². The molecule has 2 aliphatic rings. The number of carbonyl (C=O) groups excluding carboxylic acids is 1. The Kier molecular flexibility index (Phi) is 14.3. The van der Waals surface area contributed by atoms with E-state index >= 15 is 0 Å². The molecule has 0 spiro atoms. The van der Waals surface area contributed by atoms with Crippen LogP contribution in [0.3, 0.4) is 0 Å². The van der Waals surface area contributed by atoms with Gasteiger partial charge in [0.05, 0.1) is 19.1 Å². The monoisotopic (exact) mass is 562 g/mol. The number of rotatable bonds is 4. The number of fused-ring (bicyclic) bond motifs is 1. The molecule has 13 heteroatoms. The number of esters is 1. The fourth-order valence-electron chi connectivity index (χ4n) is 3.94. The molecule has 0 bridgehead atoms. The summed E-state index contributed by atoms with van der Waals surface area (Å²) in [5.74, 6) is -0.192. The number of carbonyl (C=O) groups is 1. The number of allylic oxidation sites excluding steroid dienone is 1. The zero-order valence-corrected chi connectivity index (χ0v) is 21.2. The van der Waals surface area contributed by atoms with E-state index < -0.39 is 0 Å². The van der Waals surface area contributed by atoms with E-state index in [0.717, 1.165) is 32.3 Å². The molecule has 2 atom stereocenters. The van der Waals surface area contributed by atoms with Crippen LogP contribution in [-0.2, 0) is 44.6 Å². The summed E-state index contributed by atoms with van der Waals surface area (Å²) in [5.41, 5.74) is 1.30. The van der Waals surface area contributed by atoms with Gasteiger partial charge in [0.1, 0.15) is 0 Å². The second-order valence-corrected chi connectivity index (χ2v) is 7.19. The molecule has 3 aromatic heterocycles. The molecule has 11 nitrogen and oxygen atoms in total. The van der Waals surface area contributed by atoms with Gasteiger partial charge in [-0.25, -0.2) is 15.3 Å². The second-order valence-electron chi connectivity index (χ2n) is 7.19. The Morgan fingerprint density at radius 2 is 1.54 bits per heavy atom. The molecule has 0 aromatic carbocycles. The third-order valence-corrected chi connectivity index (χ3v) is 5.31. The van der Waals surface area contributed by atoms with Crippen LogP contribution >= 0.6 is 0 Å². The second kappa shape index (κ2) is 16.6. The van der Waals surface area contributed by atoms with E-state index in [2.05, 4.69) is 34.7 Å². The summed E-state index contributed by atoms with van der Waals surface area (Å²) < 4.78 is 30.8. The minimum atomic E-state index is -0.194. The van der Waals surface area contributed by atoms with Crippen molar-refractivity contribution in [1.82, 2.24) is 29.1 Å². The molecule has 35 heavy (non-hydrogen) atoms. The molecule has 1 aliphatic carbocycles. The Morgan fingerprint density at radius 3 is 1.97 bits per heavy atom. The van der Waals surface area contributed by atoms with Crippen molar-refractivity contribution in [2.45, 2.75) is 31.8 Å². The van der Waals surface area contributed by atoms with Gasteiger partial charge in [0.2, 0.25) is 0 Å². The minimum absolute atomic E-state index is 0. The van der Waals surface area contributed by atoms with Crippen LogP contribution in [0.15, 0.2) is 67.0 Å². The predicted molar refractivity (Wildman–Crippen MR) is 118 cm³/mol. The molecule has 5 rings (SSSR count). The van der Waals surface area contributed by atoms with Gasteiger partial charge in [-0.2, -0.15) is 0 Å². The Hall–Kier alpha value is -2.97. The summed E-state index contributed by atoms with van der Waals surface area (Å²) in [6.07, 6.45) is 17.1. The van der Waals surface area contributed by atoms with Gasteiger partial charge in [0.25, 0.3) is 7.12 Å². The molecule has 4 heterocycles. The maximum absolute atomic E-state index is 11.5. The number of ether oxygens (including phenoxy) is 2. The Morgan fingerprint density at radius 1 is 1.03 bits per heavy atom. The van der Waals surface area contributed by atoms with Gasteiger partial charge in [-0.3, -0.25) is 4.79 Å². The van der Waals surface area contributed by atoms with Crippen LogP contribution in [-0.4, -0.2) is 62.0 Å². The average molecular weight is 560 g/mol. The minimum Gasteiger partial charge on any atom is -0.425 e. The van der Waals surface area contributed by atoms with Gasteiger partial charge in [-0.05, 0) is 68.0 Å². The van der Waals surface area contributed by atoms with E-state index in [1.54, 1.807) is 32.4 Å². The van der Waals surface area contributed by atoms with Gasteiger partial charge >= 0.3 is 28.6 Å². The molecule has 1 saturated heterocycles. The van der Waals surface area contributed by atoms with Crippen LogP contribution in [0.2, 0.25) is 0 Å². The fraction of sp³-hybridized carbons (Fsp3) is 0.364.